The molecule has 0 aromatic carbocycles. The lowest BCUT2D eigenvalue weighted by Gasteiger charge is -2.31. The maximum atomic E-state index is 13.4. The van der Waals surface area contributed by atoms with E-state index in [0.29, 0.717) is 29.3 Å². The number of carbonyl (C=O) groups excluding carboxylic acids is 1. The van der Waals surface area contributed by atoms with Crippen LogP contribution < -0.4 is 11.3 Å². The van der Waals surface area contributed by atoms with Crippen LogP contribution >= 0.6 is 0 Å². The lowest BCUT2D eigenvalue weighted by atomic mass is 9.85. The third-order valence-corrected chi connectivity index (χ3v) is 6.87. The summed E-state index contributed by atoms with van der Waals surface area (Å²) in [7, 11) is 0. The van der Waals surface area contributed by atoms with Crippen LogP contribution in [0.5, 0.6) is 0 Å². The fraction of sp³-hybridized carbons (Fsp3) is 0.542. The molecule has 1 aliphatic carbocycles. The van der Waals surface area contributed by atoms with Gasteiger partial charge in [0.05, 0.1) is 29.6 Å². The van der Waals surface area contributed by atoms with Crippen LogP contribution in [-0.2, 0) is 28.3 Å². The first-order valence-corrected chi connectivity index (χ1v) is 11.1. The van der Waals surface area contributed by atoms with E-state index in [0.717, 1.165) is 29.7 Å². The van der Waals surface area contributed by atoms with E-state index < -0.39 is 11.6 Å². The third-order valence-electron chi connectivity index (χ3n) is 6.87. The smallest absolute Gasteiger partial charge is 0.343 e. The average molecular weight is 426 g/mol. The van der Waals surface area contributed by atoms with Crippen molar-refractivity contribution in [3.8, 4) is 0 Å². The van der Waals surface area contributed by atoms with E-state index in [4.69, 9.17) is 15.5 Å². The molecule has 0 radical (unpaired) electrons. The van der Waals surface area contributed by atoms with Gasteiger partial charge in [-0.05, 0) is 43.7 Å². The lowest BCUT2D eigenvalue weighted by Crippen LogP contribution is -2.44. The SMILES string of the molecule is CC[C@@]1(O)C(=O)OCc2c1cc1n(c2=O)CC(=C2/C=CCC[C@@H]2N)/C1=N\C(C)C(C)C. The van der Waals surface area contributed by atoms with Crippen molar-refractivity contribution >= 4 is 11.7 Å². The molecular weight excluding hydrogens is 394 g/mol. The second-order valence-electron chi connectivity index (χ2n) is 9.09. The number of aromatic nitrogens is 1. The normalized spacial score (nSPS) is 29.8. The Labute approximate surface area is 182 Å². The van der Waals surface area contributed by atoms with Crippen molar-refractivity contribution in [1.82, 2.24) is 4.57 Å². The second kappa shape index (κ2) is 7.88. The number of allylic oxidation sites excluding steroid dienone is 2. The molecule has 0 bridgehead atoms. The molecule has 3 aliphatic rings. The highest BCUT2D eigenvalue weighted by Crippen LogP contribution is 2.36. The summed E-state index contributed by atoms with van der Waals surface area (Å²) in [6.45, 7) is 8.21. The predicted octanol–water partition coefficient (Wildman–Crippen LogP) is 2.32. The van der Waals surface area contributed by atoms with E-state index in [1.54, 1.807) is 17.6 Å². The molecule has 0 amide bonds. The van der Waals surface area contributed by atoms with Crippen LogP contribution in [0, 0.1) is 5.92 Å². The highest BCUT2D eigenvalue weighted by molar-refractivity contribution is 6.14. The van der Waals surface area contributed by atoms with E-state index in [2.05, 4.69) is 26.8 Å². The molecule has 0 fully saturated rings. The molecule has 7 nitrogen and oxygen atoms in total. The molecule has 2 aliphatic heterocycles. The third kappa shape index (κ3) is 3.40. The summed E-state index contributed by atoms with van der Waals surface area (Å²) < 4.78 is 6.84. The summed E-state index contributed by atoms with van der Waals surface area (Å²) in [4.78, 5) is 30.8. The van der Waals surface area contributed by atoms with Gasteiger partial charge in [0.25, 0.3) is 5.56 Å². The van der Waals surface area contributed by atoms with Crippen molar-refractivity contribution < 1.29 is 14.6 Å². The second-order valence-corrected chi connectivity index (χ2v) is 9.09. The van der Waals surface area contributed by atoms with Crippen molar-refractivity contribution in [2.75, 3.05) is 0 Å². The number of cyclic esters (lactones) is 1. The maximum Gasteiger partial charge on any atom is 0.343 e. The first kappa shape index (κ1) is 21.7. The first-order chi connectivity index (χ1) is 14.7. The largest absolute Gasteiger partial charge is 0.458 e. The Bertz CT molecular complexity index is 1080. The zero-order valence-electron chi connectivity index (χ0n) is 18.6. The summed E-state index contributed by atoms with van der Waals surface area (Å²) >= 11 is 0. The van der Waals surface area contributed by atoms with Gasteiger partial charge >= 0.3 is 5.97 Å². The summed E-state index contributed by atoms with van der Waals surface area (Å²) in [5.41, 5.74) is 8.34. The van der Waals surface area contributed by atoms with Crippen LogP contribution in [-0.4, -0.2) is 33.4 Å². The van der Waals surface area contributed by atoms with E-state index in [9.17, 15) is 14.7 Å². The van der Waals surface area contributed by atoms with Crippen molar-refractivity contribution in [3.63, 3.8) is 0 Å². The minimum atomic E-state index is -1.83. The molecule has 3 atom stereocenters. The Morgan fingerprint density at radius 2 is 2.10 bits per heavy atom. The number of carbonyl (C=O) groups is 1. The first-order valence-electron chi connectivity index (χ1n) is 11.1. The minimum Gasteiger partial charge on any atom is -0.458 e. The number of fused-ring (bicyclic) bond motifs is 2. The van der Waals surface area contributed by atoms with Crippen molar-refractivity contribution in [2.24, 2.45) is 16.6 Å². The van der Waals surface area contributed by atoms with Gasteiger partial charge in [0, 0.05) is 17.2 Å². The standard InChI is InChI=1S/C24H31N3O4/c1-5-24(30)18-10-20-21(26-14(4)13(2)3)16(15-8-6-7-9-19(15)25)11-27(20)22(28)17(18)12-31-23(24)29/h6,8,10,13-14,19,30H,5,7,9,11-12,25H2,1-4H3/b16-15+,26-21+/t14?,19-,24-/m0/s1. The highest BCUT2D eigenvalue weighted by Gasteiger charge is 2.45. The molecule has 4 rings (SSSR count). The van der Waals surface area contributed by atoms with Crippen molar-refractivity contribution in [1.29, 1.82) is 0 Å². The van der Waals surface area contributed by atoms with Gasteiger partial charge in [-0.2, -0.15) is 0 Å². The fourth-order valence-electron chi connectivity index (χ4n) is 4.45. The van der Waals surface area contributed by atoms with Gasteiger partial charge in [-0.25, -0.2) is 4.79 Å². The Morgan fingerprint density at radius 1 is 1.35 bits per heavy atom. The maximum absolute atomic E-state index is 13.4. The quantitative estimate of drug-likeness (QED) is 0.723. The van der Waals surface area contributed by atoms with Gasteiger partial charge in [-0.1, -0.05) is 32.9 Å². The van der Waals surface area contributed by atoms with Crippen LogP contribution in [0.25, 0.3) is 0 Å². The molecule has 31 heavy (non-hydrogen) atoms. The van der Waals surface area contributed by atoms with Crippen LogP contribution in [0.4, 0.5) is 0 Å². The topological polar surface area (TPSA) is 107 Å². The fourth-order valence-corrected chi connectivity index (χ4v) is 4.45. The molecular formula is C24H31N3O4. The highest BCUT2D eigenvalue weighted by atomic mass is 16.6. The molecule has 1 unspecified atom stereocenters. The van der Waals surface area contributed by atoms with Crippen LogP contribution in [0.3, 0.4) is 0 Å². The minimum absolute atomic E-state index is 0.0297. The van der Waals surface area contributed by atoms with E-state index in [1.807, 2.05) is 6.08 Å². The molecule has 0 spiro atoms. The summed E-state index contributed by atoms with van der Waals surface area (Å²) in [5.74, 6) is -0.398. The van der Waals surface area contributed by atoms with Crippen molar-refractivity contribution in [3.05, 3.63) is 56.5 Å². The molecule has 7 heteroatoms. The number of esters is 1. The zero-order chi connectivity index (χ0) is 22.5. The lowest BCUT2D eigenvalue weighted by molar-refractivity contribution is -0.172. The number of hydrogen-bond acceptors (Lipinski definition) is 6. The van der Waals surface area contributed by atoms with Gasteiger partial charge in [-0.15, -0.1) is 0 Å². The molecule has 0 saturated carbocycles. The molecule has 1 aromatic heterocycles. The van der Waals surface area contributed by atoms with Gasteiger partial charge < -0.3 is 20.1 Å². The number of nitrogens with zero attached hydrogens (tertiary/aromatic N) is 2. The number of pyridine rings is 1. The van der Waals surface area contributed by atoms with E-state index >= 15 is 0 Å². The Hall–Kier alpha value is -2.51. The monoisotopic (exact) mass is 425 g/mol. The summed E-state index contributed by atoms with van der Waals surface area (Å²) in [6.07, 6.45) is 6.05. The van der Waals surface area contributed by atoms with Crippen molar-refractivity contribution in [2.45, 2.75) is 77.8 Å². The van der Waals surface area contributed by atoms with Gasteiger partial charge in [0.15, 0.2) is 5.60 Å². The van der Waals surface area contributed by atoms with Crippen LogP contribution in [0.15, 0.2) is 39.2 Å². The van der Waals surface area contributed by atoms with Crippen LogP contribution in [0.1, 0.15) is 63.8 Å². The number of rotatable bonds is 3. The average Bonchev–Trinajstić information content (AvgIpc) is 3.10. The number of aliphatic hydroxyl groups is 1. The van der Waals surface area contributed by atoms with Crippen LogP contribution in [0.2, 0.25) is 0 Å². The molecule has 3 N–H and O–H groups in total. The van der Waals surface area contributed by atoms with Gasteiger partial charge in [0.1, 0.15) is 6.61 Å². The molecule has 3 heterocycles. The Kier molecular flexibility index (Phi) is 5.52. The number of hydrogen-bond donors (Lipinski definition) is 2. The Balaban J connectivity index is 1.99. The molecule has 0 saturated heterocycles. The zero-order valence-corrected chi connectivity index (χ0v) is 18.6. The van der Waals surface area contributed by atoms with Gasteiger partial charge in [-0.3, -0.25) is 9.79 Å². The van der Waals surface area contributed by atoms with Gasteiger partial charge in [0.2, 0.25) is 0 Å². The Morgan fingerprint density at radius 3 is 2.74 bits per heavy atom. The molecule has 166 valence electrons. The number of ether oxygens (including phenoxy) is 1. The predicted molar refractivity (Wildman–Crippen MR) is 119 cm³/mol. The number of nitrogens with two attached hydrogens (primary N) is 1. The van der Waals surface area contributed by atoms with E-state index in [1.165, 1.54) is 0 Å². The summed E-state index contributed by atoms with van der Waals surface area (Å²) in [5, 5.41) is 11.1. The number of aliphatic imine (C=N–C) groups is 1. The summed E-state index contributed by atoms with van der Waals surface area (Å²) in [6, 6.07) is 1.68. The molecule has 1 aromatic rings. The van der Waals surface area contributed by atoms with E-state index in [-0.39, 0.29) is 30.7 Å².